The van der Waals surface area contributed by atoms with Crippen LogP contribution in [-0.2, 0) is 4.74 Å². The maximum Gasteiger partial charge on any atom is 0.0810 e. The summed E-state index contributed by atoms with van der Waals surface area (Å²) >= 11 is 5.46. The molecular weight excluding hydrogens is 124 g/mol. The van der Waals surface area contributed by atoms with Gasteiger partial charge in [-0.25, -0.2) is 0 Å². The number of unbranched alkanes of at least 4 members (excludes halogenated alkanes) is 1. The standard InChI is InChI=1S/C6H11ClO/c7-4-2-1-3-6-5-8-6/h6H,1-5H2/t6-/m0/s1. The molecule has 0 bridgehead atoms. The van der Waals surface area contributed by atoms with Crippen LogP contribution in [0.2, 0.25) is 0 Å². The zero-order valence-corrected chi connectivity index (χ0v) is 5.66. The third kappa shape index (κ3) is 2.53. The number of hydrogen-bond donors (Lipinski definition) is 0. The Morgan fingerprint density at radius 3 is 2.75 bits per heavy atom. The van der Waals surface area contributed by atoms with E-state index in [1.807, 2.05) is 0 Å². The lowest BCUT2D eigenvalue weighted by molar-refractivity contribution is 0.391. The smallest absolute Gasteiger partial charge is 0.0810 e. The molecule has 1 atom stereocenters. The number of hydrogen-bond acceptors (Lipinski definition) is 1. The third-order valence-electron chi connectivity index (χ3n) is 1.31. The van der Waals surface area contributed by atoms with Gasteiger partial charge in [0.15, 0.2) is 0 Å². The van der Waals surface area contributed by atoms with Crippen molar-refractivity contribution < 1.29 is 4.74 Å². The normalized spacial score (nSPS) is 25.9. The van der Waals surface area contributed by atoms with Crippen LogP contribution in [0.3, 0.4) is 0 Å². The van der Waals surface area contributed by atoms with Gasteiger partial charge in [0.25, 0.3) is 0 Å². The molecule has 0 unspecified atom stereocenters. The molecule has 1 nitrogen and oxygen atoms in total. The minimum Gasteiger partial charge on any atom is -0.373 e. The van der Waals surface area contributed by atoms with Crippen LogP contribution in [0.4, 0.5) is 0 Å². The zero-order valence-electron chi connectivity index (χ0n) is 4.90. The molecule has 1 rings (SSSR count). The predicted molar refractivity (Wildman–Crippen MR) is 34.3 cm³/mol. The molecule has 1 aliphatic rings. The highest BCUT2D eigenvalue weighted by atomic mass is 35.5. The van der Waals surface area contributed by atoms with Crippen molar-refractivity contribution >= 4 is 11.6 Å². The fourth-order valence-electron chi connectivity index (χ4n) is 0.701. The second-order valence-corrected chi connectivity index (χ2v) is 2.52. The van der Waals surface area contributed by atoms with Crippen molar-refractivity contribution in [2.45, 2.75) is 25.4 Å². The first-order valence-electron chi connectivity index (χ1n) is 3.11. The molecule has 1 aliphatic heterocycles. The summed E-state index contributed by atoms with van der Waals surface area (Å²) in [5.74, 6) is 0.798. The Hall–Kier alpha value is 0.250. The Morgan fingerprint density at radius 2 is 2.25 bits per heavy atom. The highest BCUT2D eigenvalue weighted by molar-refractivity contribution is 6.17. The Bertz CT molecular complexity index is 61.5. The molecule has 0 aromatic rings. The third-order valence-corrected chi connectivity index (χ3v) is 1.58. The first-order chi connectivity index (χ1) is 3.93. The van der Waals surface area contributed by atoms with Crippen molar-refractivity contribution in [1.29, 1.82) is 0 Å². The predicted octanol–water partition coefficient (Wildman–Crippen LogP) is 1.79. The van der Waals surface area contributed by atoms with Crippen molar-refractivity contribution in [3.63, 3.8) is 0 Å². The summed E-state index contributed by atoms with van der Waals surface area (Å²) in [6.07, 6.45) is 4.18. The van der Waals surface area contributed by atoms with E-state index in [0.717, 1.165) is 18.9 Å². The van der Waals surface area contributed by atoms with E-state index in [9.17, 15) is 0 Å². The molecular formula is C6H11ClO. The highest BCUT2D eigenvalue weighted by Crippen LogP contribution is 2.16. The van der Waals surface area contributed by atoms with Gasteiger partial charge in [-0.1, -0.05) is 0 Å². The Kier molecular flexibility index (Phi) is 2.64. The lowest BCUT2D eigenvalue weighted by atomic mass is 10.2. The van der Waals surface area contributed by atoms with Gasteiger partial charge in [0.1, 0.15) is 0 Å². The van der Waals surface area contributed by atoms with Gasteiger partial charge in [-0.05, 0) is 19.3 Å². The fraction of sp³-hybridized carbons (Fsp3) is 1.00. The SMILES string of the molecule is ClCCCC[C@H]1CO1. The quantitative estimate of drug-likeness (QED) is 0.325. The van der Waals surface area contributed by atoms with Crippen LogP contribution in [0.15, 0.2) is 0 Å². The summed E-state index contributed by atoms with van der Waals surface area (Å²) < 4.78 is 5.01. The number of epoxide rings is 1. The monoisotopic (exact) mass is 134 g/mol. The minimum absolute atomic E-state index is 0.596. The van der Waals surface area contributed by atoms with Crippen LogP contribution in [0.1, 0.15) is 19.3 Å². The van der Waals surface area contributed by atoms with Gasteiger partial charge in [-0.3, -0.25) is 0 Å². The maximum atomic E-state index is 5.46. The lowest BCUT2D eigenvalue weighted by Gasteiger charge is -1.89. The van der Waals surface area contributed by atoms with E-state index in [1.165, 1.54) is 12.8 Å². The molecule has 0 radical (unpaired) electrons. The van der Waals surface area contributed by atoms with E-state index in [0.29, 0.717) is 6.10 Å². The summed E-state index contributed by atoms with van der Waals surface area (Å²) in [5, 5.41) is 0. The summed E-state index contributed by atoms with van der Waals surface area (Å²) in [5.41, 5.74) is 0. The average molecular weight is 135 g/mol. The van der Waals surface area contributed by atoms with Crippen LogP contribution in [0, 0.1) is 0 Å². The number of halogens is 1. The minimum atomic E-state index is 0.596. The van der Waals surface area contributed by atoms with Gasteiger partial charge < -0.3 is 4.74 Å². The topological polar surface area (TPSA) is 12.5 Å². The first-order valence-corrected chi connectivity index (χ1v) is 3.64. The van der Waals surface area contributed by atoms with E-state index in [2.05, 4.69) is 0 Å². The van der Waals surface area contributed by atoms with E-state index in [4.69, 9.17) is 16.3 Å². The van der Waals surface area contributed by atoms with Crippen LogP contribution in [0.5, 0.6) is 0 Å². The molecule has 0 aliphatic carbocycles. The molecule has 0 aromatic heterocycles. The van der Waals surface area contributed by atoms with Gasteiger partial charge in [-0.15, -0.1) is 11.6 Å². The van der Waals surface area contributed by atoms with E-state index < -0.39 is 0 Å². The summed E-state index contributed by atoms with van der Waals surface area (Å²) in [6.45, 7) is 0.988. The van der Waals surface area contributed by atoms with Gasteiger partial charge in [0, 0.05) is 5.88 Å². The zero-order chi connectivity index (χ0) is 5.82. The molecule has 8 heavy (non-hydrogen) atoms. The van der Waals surface area contributed by atoms with Crippen molar-refractivity contribution in [3.05, 3.63) is 0 Å². The van der Waals surface area contributed by atoms with E-state index >= 15 is 0 Å². The van der Waals surface area contributed by atoms with Crippen molar-refractivity contribution in [2.75, 3.05) is 12.5 Å². The molecule has 0 spiro atoms. The number of alkyl halides is 1. The van der Waals surface area contributed by atoms with E-state index in [-0.39, 0.29) is 0 Å². The van der Waals surface area contributed by atoms with E-state index in [1.54, 1.807) is 0 Å². The average Bonchev–Trinajstić information content (AvgIpc) is 2.51. The van der Waals surface area contributed by atoms with Gasteiger partial charge in [0.2, 0.25) is 0 Å². The van der Waals surface area contributed by atoms with Crippen LogP contribution >= 0.6 is 11.6 Å². The molecule has 1 heterocycles. The van der Waals surface area contributed by atoms with Crippen LogP contribution in [0.25, 0.3) is 0 Å². The first kappa shape index (κ1) is 6.37. The summed E-state index contributed by atoms with van der Waals surface area (Å²) in [6, 6.07) is 0. The van der Waals surface area contributed by atoms with Gasteiger partial charge in [0.05, 0.1) is 12.7 Å². The summed E-state index contributed by atoms with van der Waals surface area (Å²) in [4.78, 5) is 0. The largest absolute Gasteiger partial charge is 0.373 e. The Morgan fingerprint density at radius 1 is 1.50 bits per heavy atom. The molecule has 0 aromatic carbocycles. The molecule has 1 fully saturated rings. The van der Waals surface area contributed by atoms with Gasteiger partial charge >= 0.3 is 0 Å². The Balaban J connectivity index is 1.74. The number of ether oxygens (including phenoxy) is 1. The molecule has 48 valence electrons. The highest BCUT2D eigenvalue weighted by Gasteiger charge is 2.20. The molecule has 2 heteroatoms. The molecule has 1 saturated heterocycles. The fourth-order valence-corrected chi connectivity index (χ4v) is 0.890. The van der Waals surface area contributed by atoms with Gasteiger partial charge in [-0.2, -0.15) is 0 Å². The molecule has 0 N–H and O–H groups in total. The second kappa shape index (κ2) is 3.31. The summed E-state index contributed by atoms with van der Waals surface area (Å²) in [7, 11) is 0. The maximum absolute atomic E-state index is 5.46. The Labute approximate surface area is 55.0 Å². The van der Waals surface area contributed by atoms with Crippen molar-refractivity contribution in [1.82, 2.24) is 0 Å². The van der Waals surface area contributed by atoms with Crippen molar-refractivity contribution in [3.8, 4) is 0 Å². The number of rotatable bonds is 4. The van der Waals surface area contributed by atoms with Crippen LogP contribution < -0.4 is 0 Å². The molecule has 0 amide bonds. The lowest BCUT2D eigenvalue weighted by Crippen LogP contribution is -1.84. The molecule has 0 saturated carbocycles. The second-order valence-electron chi connectivity index (χ2n) is 2.14. The van der Waals surface area contributed by atoms with Crippen molar-refractivity contribution in [2.24, 2.45) is 0 Å². The van der Waals surface area contributed by atoms with Crippen LogP contribution in [-0.4, -0.2) is 18.6 Å².